The molecule has 108 valence electrons. The minimum Gasteiger partial charge on any atom is -0.490 e. The molecular weight excluding hydrogens is 264 g/mol. The van der Waals surface area contributed by atoms with Crippen molar-refractivity contribution in [3.8, 4) is 16.9 Å². The molecule has 3 heteroatoms. The van der Waals surface area contributed by atoms with E-state index >= 15 is 0 Å². The van der Waals surface area contributed by atoms with Crippen LogP contribution in [0.5, 0.6) is 5.75 Å². The lowest BCUT2D eigenvalue weighted by Crippen LogP contribution is -2.10. The number of hydrogen-bond donors (Lipinski definition) is 0. The minimum atomic E-state index is -0.438. The summed E-state index contributed by atoms with van der Waals surface area (Å²) in [5, 5.41) is 0. The summed E-state index contributed by atoms with van der Waals surface area (Å²) in [6.07, 6.45) is 1.14. The van der Waals surface area contributed by atoms with E-state index in [0.717, 1.165) is 23.0 Å². The molecule has 0 aliphatic rings. The van der Waals surface area contributed by atoms with Crippen molar-refractivity contribution >= 4 is 5.97 Å². The van der Waals surface area contributed by atoms with Gasteiger partial charge in [-0.25, -0.2) is 4.79 Å². The molecule has 3 nitrogen and oxygen atoms in total. The zero-order chi connectivity index (χ0) is 15.1. The first-order chi connectivity index (χ1) is 10.2. The Balaban J connectivity index is 1.98. The summed E-state index contributed by atoms with van der Waals surface area (Å²) in [7, 11) is 0. The number of esters is 1. The number of ether oxygens (including phenoxy) is 2. The maximum Gasteiger partial charge on any atom is 0.330 e. The highest BCUT2D eigenvalue weighted by Gasteiger charge is 2.01. The first-order valence-electron chi connectivity index (χ1n) is 6.78. The van der Waals surface area contributed by atoms with E-state index in [4.69, 9.17) is 9.47 Å². The van der Waals surface area contributed by atoms with Gasteiger partial charge in [-0.15, -0.1) is 0 Å². The maximum atomic E-state index is 10.9. The number of carbonyl (C=O) groups is 1. The van der Waals surface area contributed by atoms with Crippen LogP contribution in [0.4, 0.5) is 0 Å². The van der Waals surface area contributed by atoms with E-state index in [1.54, 1.807) is 0 Å². The molecule has 0 aliphatic carbocycles. The average molecular weight is 282 g/mol. The van der Waals surface area contributed by atoms with Gasteiger partial charge in [0.2, 0.25) is 0 Å². The second-order valence-corrected chi connectivity index (χ2v) is 4.62. The van der Waals surface area contributed by atoms with Gasteiger partial charge in [-0.05, 0) is 30.2 Å². The molecule has 0 atom stereocenters. The zero-order valence-electron chi connectivity index (χ0n) is 12.0. The van der Waals surface area contributed by atoms with E-state index in [1.165, 1.54) is 5.56 Å². The van der Waals surface area contributed by atoms with Gasteiger partial charge in [0.15, 0.2) is 0 Å². The fraction of sp³-hybridized carbons (Fsp3) is 0.167. The van der Waals surface area contributed by atoms with Crippen molar-refractivity contribution < 1.29 is 14.3 Å². The highest BCUT2D eigenvalue weighted by molar-refractivity contribution is 5.81. The van der Waals surface area contributed by atoms with Crippen LogP contribution in [0, 0.1) is 6.92 Å². The highest BCUT2D eigenvalue weighted by Crippen LogP contribution is 2.24. The van der Waals surface area contributed by atoms with Gasteiger partial charge >= 0.3 is 5.97 Å². The smallest absolute Gasteiger partial charge is 0.330 e. The average Bonchev–Trinajstić information content (AvgIpc) is 2.51. The molecule has 0 heterocycles. The van der Waals surface area contributed by atoms with Crippen molar-refractivity contribution in [1.29, 1.82) is 0 Å². The monoisotopic (exact) mass is 282 g/mol. The third kappa shape index (κ3) is 4.49. The van der Waals surface area contributed by atoms with Gasteiger partial charge in [0.25, 0.3) is 0 Å². The lowest BCUT2D eigenvalue weighted by atomic mass is 10.0. The molecule has 21 heavy (non-hydrogen) atoms. The van der Waals surface area contributed by atoms with Gasteiger partial charge in [0, 0.05) is 6.08 Å². The van der Waals surface area contributed by atoms with Crippen LogP contribution in [-0.4, -0.2) is 19.2 Å². The third-order valence-corrected chi connectivity index (χ3v) is 2.95. The van der Waals surface area contributed by atoms with Gasteiger partial charge in [0.1, 0.15) is 19.0 Å². The Morgan fingerprint density at radius 2 is 1.81 bits per heavy atom. The molecule has 0 saturated heterocycles. The standard InChI is InChI=1S/C18H18O3/c1-3-18(19)21-11-10-20-17-9-5-8-16(13-17)15-7-4-6-14(2)12-15/h3-9,12-13H,1,10-11H2,2H3. The van der Waals surface area contributed by atoms with Crippen LogP contribution in [0.25, 0.3) is 11.1 Å². The number of rotatable bonds is 6. The molecule has 0 aliphatic heterocycles. The normalized spacial score (nSPS) is 9.95. The van der Waals surface area contributed by atoms with E-state index < -0.39 is 5.97 Å². The van der Waals surface area contributed by atoms with Gasteiger partial charge in [-0.1, -0.05) is 48.5 Å². The summed E-state index contributed by atoms with van der Waals surface area (Å²) in [4.78, 5) is 10.9. The molecule has 0 fully saturated rings. The van der Waals surface area contributed by atoms with Crippen molar-refractivity contribution in [3.63, 3.8) is 0 Å². The molecule has 2 aromatic rings. The molecule has 0 bridgehead atoms. The number of benzene rings is 2. The topological polar surface area (TPSA) is 35.5 Å². The van der Waals surface area contributed by atoms with Crippen LogP contribution in [0.15, 0.2) is 61.2 Å². The largest absolute Gasteiger partial charge is 0.490 e. The van der Waals surface area contributed by atoms with Gasteiger partial charge in [-0.2, -0.15) is 0 Å². The van der Waals surface area contributed by atoms with Crippen LogP contribution >= 0.6 is 0 Å². The molecule has 0 amide bonds. The third-order valence-electron chi connectivity index (χ3n) is 2.95. The fourth-order valence-corrected chi connectivity index (χ4v) is 1.95. The SMILES string of the molecule is C=CC(=O)OCCOc1cccc(-c2cccc(C)c2)c1. The zero-order valence-corrected chi connectivity index (χ0v) is 12.0. The van der Waals surface area contributed by atoms with Crippen LogP contribution in [0.3, 0.4) is 0 Å². The Bertz CT molecular complexity index is 632. The quantitative estimate of drug-likeness (QED) is 0.459. The van der Waals surface area contributed by atoms with Crippen LogP contribution in [0.2, 0.25) is 0 Å². The predicted octanol–water partition coefficient (Wildman–Crippen LogP) is 3.77. The Labute approximate surface area is 124 Å². The Hall–Kier alpha value is -2.55. The van der Waals surface area contributed by atoms with E-state index in [0.29, 0.717) is 6.61 Å². The summed E-state index contributed by atoms with van der Waals surface area (Å²) >= 11 is 0. The minimum absolute atomic E-state index is 0.208. The highest BCUT2D eigenvalue weighted by atomic mass is 16.6. The summed E-state index contributed by atoms with van der Waals surface area (Å²) in [5.74, 6) is 0.316. The maximum absolute atomic E-state index is 10.9. The van der Waals surface area contributed by atoms with Crippen LogP contribution in [0.1, 0.15) is 5.56 Å². The second-order valence-electron chi connectivity index (χ2n) is 4.62. The number of aryl methyl sites for hydroxylation is 1. The Kier molecular flexibility index (Phi) is 5.16. The van der Waals surface area contributed by atoms with E-state index in [9.17, 15) is 4.79 Å². The fourth-order valence-electron chi connectivity index (χ4n) is 1.95. The summed E-state index contributed by atoms with van der Waals surface area (Å²) < 4.78 is 10.4. The first kappa shape index (κ1) is 14.9. The molecule has 2 aromatic carbocycles. The molecule has 0 saturated carbocycles. The lowest BCUT2D eigenvalue weighted by Gasteiger charge is -2.09. The molecule has 0 unspecified atom stereocenters. The first-order valence-corrected chi connectivity index (χ1v) is 6.78. The predicted molar refractivity (Wildman–Crippen MR) is 83.3 cm³/mol. The van der Waals surface area contributed by atoms with Crippen molar-refractivity contribution in [2.75, 3.05) is 13.2 Å². The van der Waals surface area contributed by atoms with Crippen molar-refractivity contribution in [2.24, 2.45) is 0 Å². The van der Waals surface area contributed by atoms with Crippen LogP contribution in [-0.2, 0) is 9.53 Å². The van der Waals surface area contributed by atoms with Gasteiger partial charge in [0.05, 0.1) is 0 Å². The molecule has 0 radical (unpaired) electrons. The Morgan fingerprint density at radius 1 is 1.10 bits per heavy atom. The molecular formula is C18H18O3. The van der Waals surface area contributed by atoms with Crippen LogP contribution < -0.4 is 4.74 Å². The molecule has 0 spiro atoms. The Morgan fingerprint density at radius 3 is 2.52 bits per heavy atom. The van der Waals surface area contributed by atoms with Crippen molar-refractivity contribution in [2.45, 2.75) is 6.92 Å². The van der Waals surface area contributed by atoms with Crippen molar-refractivity contribution in [3.05, 3.63) is 66.7 Å². The molecule has 2 rings (SSSR count). The van der Waals surface area contributed by atoms with Gasteiger partial charge < -0.3 is 9.47 Å². The molecule has 0 aromatic heterocycles. The van der Waals surface area contributed by atoms with Crippen molar-refractivity contribution in [1.82, 2.24) is 0 Å². The number of carbonyl (C=O) groups excluding carboxylic acids is 1. The van der Waals surface area contributed by atoms with Gasteiger partial charge in [-0.3, -0.25) is 0 Å². The summed E-state index contributed by atoms with van der Waals surface area (Å²) in [6, 6.07) is 16.1. The summed E-state index contributed by atoms with van der Waals surface area (Å²) in [6.45, 7) is 5.93. The molecule has 0 N–H and O–H groups in total. The summed E-state index contributed by atoms with van der Waals surface area (Å²) in [5.41, 5.74) is 3.47. The lowest BCUT2D eigenvalue weighted by molar-refractivity contribution is -0.138. The van der Waals surface area contributed by atoms with E-state index in [-0.39, 0.29) is 6.61 Å². The van der Waals surface area contributed by atoms with E-state index in [1.807, 2.05) is 30.3 Å². The van der Waals surface area contributed by atoms with E-state index in [2.05, 4.69) is 31.7 Å². The number of hydrogen-bond acceptors (Lipinski definition) is 3. The second kappa shape index (κ2) is 7.29.